The molecule has 0 aromatic heterocycles. The molecule has 23 heavy (non-hydrogen) atoms. The predicted molar refractivity (Wildman–Crippen MR) is 95.3 cm³/mol. The first kappa shape index (κ1) is 15.4. The zero-order valence-corrected chi connectivity index (χ0v) is 13.7. The average Bonchev–Trinajstić information content (AvgIpc) is 2.93. The maximum absolute atomic E-state index is 12.5. The predicted octanol–water partition coefficient (Wildman–Crippen LogP) is 3.46. The summed E-state index contributed by atoms with van der Waals surface area (Å²) in [6.07, 6.45) is 0. The second-order valence-electron chi connectivity index (χ2n) is 6.06. The zero-order valence-electron chi connectivity index (χ0n) is 13.7. The largest absolute Gasteiger partial charge is 0.373 e. The average molecular weight is 309 g/mol. The monoisotopic (exact) mass is 309 g/mol. The number of carbonyl (C=O) groups excluding carboxylic acids is 1. The molecule has 1 aliphatic rings. The molecule has 0 saturated carbocycles. The van der Waals surface area contributed by atoms with E-state index in [0.29, 0.717) is 12.5 Å². The van der Waals surface area contributed by atoms with E-state index in [9.17, 15) is 4.79 Å². The van der Waals surface area contributed by atoms with Gasteiger partial charge in [0.25, 0.3) is 0 Å². The number of amides is 2. The lowest BCUT2D eigenvalue weighted by Crippen LogP contribution is -2.42. The van der Waals surface area contributed by atoms with Gasteiger partial charge in [-0.05, 0) is 23.8 Å². The SMILES string of the molecule is CC1CN(C(=O)NCCN(C)c2ccccc2)c2ccccc21. The van der Waals surface area contributed by atoms with Crippen LogP contribution < -0.4 is 15.1 Å². The van der Waals surface area contributed by atoms with Gasteiger partial charge in [-0.1, -0.05) is 43.3 Å². The van der Waals surface area contributed by atoms with Gasteiger partial charge in [-0.15, -0.1) is 0 Å². The molecule has 120 valence electrons. The van der Waals surface area contributed by atoms with Gasteiger partial charge in [0.1, 0.15) is 0 Å². The summed E-state index contributed by atoms with van der Waals surface area (Å²) in [5, 5.41) is 3.03. The van der Waals surface area contributed by atoms with Crippen molar-refractivity contribution in [1.82, 2.24) is 5.32 Å². The molecule has 2 amide bonds. The minimum absolute atomic E-state index is 0.0109. The molecule has 0 aliphatic carbocycles. The van der Waals surface area contributed by atoms with Crippen molar-refractivity contribution in [2.24, 2.45) is 0 Å². The normalized spacial score (nSPS) is 16.1. The topological polar surface area (TPSA) is 35.6 Å². The molecule has 0 radical (unpaired) electrons. The molecule has 0 fully saturated rings. The second kappa shape index (κ2) is 6.73. The summed E-state index contributed by atoms with van der Waals surface area (Å²) >= 11 is 0. The van der Waals surface area contributed by atoms with Crippen LogP contribution in [-0.2, 0) is 0 Å². The number of fused-ring (bicyclic) bond motifs is 1. The Kier molecular flexibility index (Phi) is 4.51. The summed E-state index contributed by atoms with van der Waals surface area (Å²) in [7, 11) is 2.04. The van der Waals surface area contributed by atoms with Crippen molar-refractivity contribution in [3.05, 3.63) is 60.2 Å². The standard InChI is InChI=1S/C19H23N3O/c1-15-14-22(18-11-7-6-10-17(15)18)19(23)20-12-13-21(2)16-8-4-3-5-9-16/h3-11,15H,12-14H2,1-2H3,(H,20,23). The van der Waals surface area contributed by atoms with Gasteiger partial charge in [0.15, 0.2) is 0 Å². The summed E-state index contributed by atoms with van der Waals surface area (Å²) in [4.78, 5) is 16.5. The third kappa shape index (κ3) is 3.31. The molecule has 1 atom stereocenters. The van der Waals surface area contributed by atoms with Crippen LogP contribution in [0.4, 0.5) is 16.2 Å². The highest BCUT2D eigenvalue weighted by Crippen LogP contribution is 2.35. The van der Waals surface area contributed by atoms with Crippen molar-refractivity contribution in [2.75, 3.05) is 36.5 Å². The number of hydrogen-bond acceptors (Lipinski definition) is 2. The number of para-hydroxylation sites is 2. The van der Waals surface area contributed by atoms with Crippen LogP contribution >= 0.6 is 0 Å². The summed E-state index contributed by atoms with van der Waals surface area (Å²) in [6, 6.07) is 18.3. The minimum Gasteiger partial charge on any atom is -0.373 e. The summed E-state index contributed by atoms with van der Waals surface area (Å²) < 4.78 is 0. The Bertz CT molecular complexity index is 671. The van der Waals surface area contributed by atoms with E-state index in [1.807, 2.05) is 48.3 Å². The molecule has 2 aromatic carbocycles. The number of carbonyl (C=O) groups is 1. The van der Waals surface area contributed by atoms with Gasteiger partial charge >= 0.3 is 6.03 Å². The molecular formula is C19H23N3O. The third-order valence-electron chi connectivity index (χ3n) is 4.38. The van der Waals surface area contributed by atoms with Crippen LogP contribution in [0.3, 0.4) is 0 Å². The number of nitrogens with one attached hydrogen (secondary N) is 1. The Morgan fingerprint density at radius 1 is 1.17 bits per heavy atom. The fraction of sp³-hybridized carbons (Fsp3) is 0.316. The van der Waals surface area contributed by atoms with Crippen LogP contribution in [0.1, 0.15) is 18.4 Å². The van der Waals surface area contributed by atoms with Gasteiger partial charge in [-0.3, -0.25) is 4.90 Å². The fourth-order valence-corrected chi connectivity index (χ4v) is 3.05. The number of likely N-dealkylation sites (N-methyl/N-ethyl adjacent to an activating group) is 1. The van der Waals surface area contributed by atoms with E-state index < -0.39 is 0 Å². The quantitative estimate of drug-likeness (QED) is 0.939. The molecule has 0 bridgehead atoms. The van der Waals surface area contributed by atoms with Gasteiger partial charge in [-0.25, -0.2) is 4.79 Å². The van der Waals surface area contributed by atoms with E-state index in [0.717, 1.165) is 24.5 Å². The smallest absolute Gasteiger partial charge is 0.321 e. The highest BCUT2D eigenvalue weighted by atomic mass is 16.2. The number of urea groups is 1. The lowest BCUT2D eigenvalue weighted by molar-refractivity contribution is 0.247. The van der Waals surface area contributed by atoms with Gasteiger partial charge in [0, 0.05) is 44.0 Å². The minimum atomic E-state index is -0.0109. The van der Waals surface area contributed by atoms with E-state index in [1.165, 1.54) is 5.56 Å². The Labute approximate surface area is 137 Å². The molecule has 1 unspecified atom stereocenters. The van der Waals surface area contributed by atoms with E-state index >= 15 is 0 Å². The van der Waals surface area contributed by atoms with Crippen LogP contribution in [0.2, 0.25) is 0 Å². The number of nitrogens with zero attached hydrogens (tertiary/aromatic N) is 2. The molecule has 1 heterocycles. The number of hydrogen-bond donors (Lipinski definition) is 1. The lowest BCUT2D eigenvalue weighted by Gasteiger charge is -2.22. The fourth-order valence-electron chi connectivity index (χ4n) is 3.05. The maximum atomic E-state index is 12.5. The van der Waals surface area contributed by atoms with Gasteiger partial charge < -0.3 is 10.2 Å². The van der Waals surface area contributed by atoms with Crippen LogP contribution in [0, 0.1) is 0 Å². The molecule has 0 saturated heterocycles. The Hall–Kier alpha value is -2.49. The number of benzene rings is 2. The van der Waals surface area contributed by atoms with E-state index in [-0.39, 0.29) is 6.03 Å². The molecule has 0 spiro atoms. The maximum Gasteiger partial charge on any atom is 0.321 e. The molecule has 4 heteroatoms. The molecule has 3 rings (SSSR count). The Balaban J connectivity index is 1.55. The van der Waals surface area contributed by atoms with Crippen molar-refractivity contribution in [3.8, 4) is 0 Å². The van der Waals surface area contributed by atoms with Crippen LogP contribution in [0.25, 0.3) is 0 Å². The number of anilines is 2. The van der Waals surface area contributed by atoms with Crippen LogP contribution in [0.15, 0.2) is 54.6 Å². The molecular weight excluding hydrogens is 286 g/mol. The highest BCUT2D eigenvalue weighted by molar-refractivity contribution is 5.94. The van der Waals surface area contributed by atoms with E-state index in [2.05, 4.69) is 35.3 Å². The molecule has 4 nitrogen and oxygen atoms in total. The van der Waals surface area contributed by atoms with Crippen molar-refractivity contribution in [1.29, 1.82) is 0 Å². The van der Waals surface area contributed by atoms with E-state index in [1.54, 1.807) is 0 Å². The first-order valence-corrected chi connectivity index (χ1v) is 8.07. The molecule has 1 N–H and O–H groups in total. The van der Waals surface area contributed by atoms with Gasteiger partial charge in [0.2, 0.25) is 0 Å². The van der Waals surface area contributed by atoms with Crippen molar-refractivity contribution < 1.29 is 4.79 Å². The third-order valence-corrected chi connectivity index (χ3v) is 4.38. The number of rotatable bonds is 4. The van der Waals surface area contributed by atoms with E-state index in [4.69, 9.17) is 0 Å². The van der Waals surface area contributed by atoms with Crippen LogP contribution in [-0.4, -0.2) is 32.7 Å². The lowest BCUT2D eigenvalue weighted by atomic mass is 10.0. The van der Waals surface area contributed by atoms with Gasteiger partial charge in [0.05, 0.1) is 0 Å². The molecule has 1 aliphatic heterocycles. The Morgan fingerprint density at radius 2 is 1.87 bits per heavy atom. The molecule has 2 aromatic rings. The van der Waals surface area contributed by atoms with Crippen LogP contribution in [0.5, 0.6) is 0 Å². The Morgan fingerprint density at radius 3 is 2.65 bits per heavy atom. The highest BCUT2D eigenvalue weighted by Gasteiger charge is 2.29. The zero-order chi connectivity index (χ0) is 16.2. The van der Waals surface area contributed by atoms with Crippen molar-refractivity contribution >= 4 is 17.4 Å². The van der Waals surface area contributed by atoms with Gasteiger partial charge in [-0.2, -0.15) is 0 Å². The first-order valence-electron chi connectivity index (χ1n) is 8.07. The van der Waals surface area contributed by atoms with Crippen molar-refractivity contribution in [3.63, 3.8) is 0 Å². The summed E-state index contributed by atoms with van der Waals surface area (Å²) in [5.74, 6) is 0.393. The summed E-state index contributed by atoms with van der Waals surface area (Å²) in [5.41, 5.74) is 3.44. The second-order valence-corrected chi connectivity index (χ2v) is 6.06. The summed E-state index contributed by atoms with van der Waals surface area (Å²) in [6.45, 7) is 4.31. The first-order chi connectivity index (χ1) is 11.2. The van der Waals surface area contributed by atoms with Crippen molar-refractivity contribution in [2.45, 2.75) is 12.8 Å².